The average Bonchev–Trinajstić information content (AvgIpc) is 2.38. The van der Waals surface area contributed by atoms with E-state index < -0.39 is 0 Å². The van der Waals surface area contributed by atoms with E-state index in [9.17, 15) is 4.79 Å². The summed E-state index contributed by atoms with van der Waals surface area (Å²) in [7, 11) is 1.83. The number of carbonyl (C=O) groups excluding carboxylic acids is 1. The lowest BCUT2D eigenvalue weighted by Gasteiger charge is -2.24. The number of ether oxygens (including phenoxy) is 2. The Labute approximate surface area is 112 Å². The van der Waals surface area contributed by atoms with Gasteiger partial charge >= 0.3 is 0 Å². The largest absolute Gasteiger partial charge is 0.486 e. The lowest BCUT2D eigenvalue weighted by Crippen LogP contribution is -2.26. The predicted octanol–water partition coefficient (Wildman–Crippen LogP) is 1.69. The molecule has 2 rings (SSSR count). The molecule has 0 aliphatic carbocycles. The van der Waals surface area contributed by atoms with Crippen LogP contribution in [0.2, 0.25) is 0 Å². The SMILES string of the molecule is Cc1cc2c(cc1N(C)CC(=O)CC#N)OCCO2. The molecule has 0 aromatic heterocycles. The van der Waals surface area contributed by atoms with Crippen LogP contribution in [0.4, 0.5) is 5.69 Å². The van der Waals surface area contributed by atoms with Gasteiger partial charge in [0.25, 0.3) is 0 Å². The molecule has 1 aliphatic heterocycles. The number of rotatable bonds is 4. The molecule has 0 atom stereocenters. The maximum Gasteiger partial charge on any atom is 0.166 e. The fourth-order valence-corrected chi connectivity index (χ4v) is 2.08. The molecule has 1 heterocycles. The number of benzene rings is 1. The van der Waals surface area contributed by atoms with Gasteiger partial charge in [-0.1, -0.05) is 0 Å². The number of aryl methyl sites for hydroxylation is 1. The fourth-order valence-electron chi connectivity index (χ4n) is 2.08. The van der Waals surface area contributed by atoms with E-state index in [0.717, 1.165) is 17.0 Å². The highest BCUT2D eigenvalue weighted by Crippen LogP contribution is 2.36. The van der Waals surface area contributed by atoms with Gasteiger partial charge in [0, 0.05) is 18.8 Å². The molecule has 100 valence electrons. The normalized spacial score (nSPS) is 12.7. The zero-order chi connectivity index (χ0) is 13.8. The third-order valence-electron chi connectivity index (χ3n) is 2.96. The molecule has 0 fully saturated rings. The number of likely N-dealkylation sites (N-methyl/N-ethyl adjacent to an activating group) is 1. The van der Waals surface area contributed by atoms with Crippen LogP contribution in [0.1, 0.15) is 12.0 Å². The molecule has 0 radical (unpaired) electrons. The molecule has 1 aliphatic rings. The lowest BCUT2D eigenvalue weighted by atomic mass is 10.1. The van der Waals surface area contributed by atoms with Crippen LogP contribution < -0.4 is 14.4 Å². The smallest absolute Gasteiger partial charge is 0.166 e. The summed E-state index contributed by atoms with van der Waals surface area (Å²) in [5.74, 6) is 1.34. The zero-order valence-corrected chi connectivity index (χ0v) is 11.1. The minimum absolute atomic E-state index is 0.0616. The monoisotopic (exact) mass is 260 g/mol. The fraction of sp³-hybridized carbons (Fsp3) is 0.429. The minimum atomic E-state index is -0.0979. The Bertz CT molecular complexity index is 534. The van der Waals surface area contributed by atoms with Crippen LogP contribution >= 0.6 is 0 Å². The number of nitriles is 1. The molecule has 0 bridgehead atoms. The van der Waals surface area contributed by atoms with Gasteiger partial charge in [0.1, 0.15) is 13.2 Å². The molecule has 0 N–H and O–H groups in total. The summed E-state index contributed by atoms with van der Waals surface area (Å²) in [6.45, 7) is 3.27. The quantitative estimate of drug-likeness (QED) is 0.824. The van der Waals surface area contributed by atoms with Crippen molar-refractivity contribution in [1.29, 1.82) is 5.26 Å². The second-order valence-electron chi connectivity index (χ2n) is 4.51. The van der Waals surface area contributed by atoms with E-state index in [1.165, 1.54) is 0 Å². The molecule has 0 spiro atoms. The van der Waals surface area contributed by atoms with E-state index in [-0.39, 0.29) is 18.7 Å². The molecular formula is C14H16N2O3. The van der Waals surface area contributed by atoms with Gasteiger partial charge in [0.15, 0.2) is 17.3 Å². The second-order valence-corrected chi connectivity index (χ2v) is 4.51. The van der Waals surface area contributed by atoms with Crippen molar-refractivity contribution in [3.8, 4) is 17.6 Å². The molecule has 5 nitrogen and oxygen atoms in total. The molecule has 0 unspecified atom stereocenters. The highest BCUT2D eigenvalue weighted by atomic mass is 16.6. The first-order valence-corrected chi connectivity index (χ1v) is 6.12. The molecule has 0 saturated carbocycles. The van der Waals surface area contributed by atoms with Crippen molar-refractivity contribution < 1.29 is 14.3 Å². The van der Waals surface area contributed by atoms with Crippen LogP contribution in [0.3, 0.4) is 0 Å². The summed E-state index contributed by atoms with van der Waals surface area (Å²) >= 11 is 0. The Hall–Kier alpha value is -2.22. The van der Waals surface area contributed by atoms with Crippen molar-refractivity contribution in [2.75, 3.05) is 31.7 Å². The van der Waals surface area contributed by atoms with Gasteiger partial charge in [-0.15, -0.1) is 0 Å². The number of fused-ring (bicyclic) bond motifs is 1. The summed E-state index contributed by atoms with van der Waals surface area (Å²) < 4.78 is 11.0. The highest BCUT2D eigenvalue weighted by Gasteiger charge is 2.17. The van der Waals surface area contributed by atoms with E-state index in [0.29, 0.717) is 19.0 Å². The van der Waals surface area contributed by atoms with Gasteiger partial charge in [-0.05, 0) is 18.6 Å². The Kier molecular flexibility index (Phi) is 3.91. The van der Waals surface area contributed by atoms with Crippen molar-refractivity contribution in [2.45, 2.75) is 13.3 Å². The van der Waals surface area contributed by atoms with Crippen molar-refractivity contribution in [3.05, 3.63) is 17.7 Å². The van der Waals surface area contributed by atoms with Crippen molar-refractivity contribution in [1.82, 2.24) is 0 Å². The maximum absolute atomic E-state index is 11.5. The van der Waals surface area contributed by atoms with Gasteiger partial charge in [0.05, 0.1) is 19.0 Å². The van der Waals surface area contributed by atoms with Crippen LogP contribution in [0.15, 0.2) is 12.1 Å². The Morgan fingerprint density at radius 2 is 2.00 bits per heavy atom. The van der Waals surface area contributed by atoms with Crippen molar-refractivity contribution in [2.24, 2.45) is 0 Å². The first-order valence-electron chi connectivity index (χ1n) is 6.12. The Morgan fingerprint density at radius 3 is 2.63 bits per heavy atom. The molecule has 0 amide bonds. The minimum Gasteiger partial charge on any atom is -0.486 e. The van der Waals surface area contributed by atoms with Crippen LogP contribution in [0.25, 0.3) is 0 Å². The summed E-state index contributed by atoms with van der Waals surface area (Å²) in [6, 6.07) is 5.66. The third kappa shape index (κ3) is 2.97. The molecule has 1 aromatic carbocycles. The standard InChI is InChI=1S/C14H16N2O3/c1-10-7-13-14(19-6-5-18-13)8-12(10)16(2)9-11(17)3-4-15/h7-8H,3,5-6,9H2,1-2H3. The van der Waals surface area contributed by atoms with E-state index in [2.05, 4.69) is 0 Å². The molecule has 1 aromatic rings. The lowest BCUT2D eigenvalue weighted by molar-refractivity contribution is -0.116. The Balaban J connectivity index is 2.20. The molecule has 19 heavy (non-hydrogen) atoms. The van der Waals surface area contributed by atoms with Crippen LogP contribution in [-0.2, 0) is 4.79 Å². The van der Waals surface area contributed by atoms with Crippen LogP contribution in [-0.4, -0.2) is 32.6 Å². The number of Topliss-reactive ketones (excluding diaryl/α,β-unsaturated/α-hetero) is 1. The van der Waals surface area contributed by atoms with Gasteiger partial charge in [-0.3, -0.25) is 4.79 Å². The van der Waals surface area contributed by atoms with Crippen molar-refractivity contribution >= 4 is 11.5 Å². The highest BCUT2D eigenvalue weighted by molar-refractivity contribution is 5.85. The van der Waals surface area contributed by atoms with E-state index in [1.54, 1.807) is 0 Å². The topological polar surface area (TPSA) is 62.6 Å². The van der Waals surface area contributed by atoms with E-state index in [4.69, 9.17) is 14.7 Å². The molecule has 0 saturated heterocycles. The van der Waals surface area contributed by atoms with Crippen LogP contribution in [0.5, 0.6) is 11.5 Å². The Morgan fingerprint density at radius 1 is 1.37 bits per heavy atom. The zero-order valence-electron chi connectivity index (χ0n) is 11.1. The van der Waals surface area contributed by atoms with E-state index in [1.807, 2.05) is 37.1 Å². The first-order chi connectivity index (χ1) is 9.11. The maximum atomic E-state index is 11.5. The summed E-state index contributed by atoms with van der Waals surface area (Å²) in [4.78, 5) is 13.3. The van der Waals surface area contributed by atoms with Crippen molar-refractivity contribution in [3.63, 3.8) is 0 Å². The third-order valence-corrected chi connectivity index (χ3v) is 2.96. The van der Waals surface area contributed by atoms with E-state index >= 15 is 0 Å². The number of hydrogen-bond acceptors (Lipinski definition) is 5. The average molecular weight is 260 g/mol. The number of hydrogen-bond donors (Lipinski definition) is 0. The summed E-state index contributed by atoms with van der Waals surface area (Å²) in [6.07, 6.45) is -0.0616. The van der Waals surface area contributed by atoms with Gasteiger partial charge in [-0.25, -0.2) is 0 Å². The number of nitrogens with zero attached hydrogens (tertiary/aromatic N) is 2. The predicted molar refractivity (Wildman–Crippen MR) is 70.7 cm³/mol. The number of carbonyl (C=O) groups is 1. The second kappa shape index (κ2) is 5.61. The molecule has 5 heteroatoms. The number of anilines is 1. The van der Waals surface area contributed by atoms with Gasteiger partial charge < -0.3 is 14.4 Å². The van der Waals surface area contributed by atoms with Gasteiger partial charge in [0.2, 0.25) is 0 Å². The van der Waals surface area contributed by atoms with Crippen LogP contribution in [0, 0.1) is 18.3 Å². The first kappa shape index (κ1) is 13.2. The molecular weight excluding hydrogens is 244 g/mol. The summed E-state index contributed by atoms with van der Waals surface area (Å²) in [5.41, 5.74) is 1.92. The number of ketones is 1. The van der Waals surface area contributed by atoms with Gasteiger partial charge in [-0.2, -0.15) is 5.26 Å². The summed E-state index contributed by atoms with van der Waals surface area (Å²) in [5, 5.41) is 8.51.